The fourth-order valence-electron chi connectivity index (χ4n) is 2.34. The van der Waals surface area contributed by atoms with Crippen LogP contribution in [0.4, 0.5) is 4.39 Å². The molecule has 1 heterocycles. The van der Waals surface area contributed by atoms with Crippen LogP contribution in [-0.2, 0) is 0 Å². The largest absolute Gasteiger partial charge is 0.492 e. The van der Waals surface area contributed by atoms with Gasteiger partial charge in [0.1, 0.15) is 18.2 Å². The summed E-state index contributed by atoms with van der Waals surface area (Å²) in [5.74, 6) is 0.0377. The number of aromatic nitrogens is 3. The van der Waals surface area contributed by atoms with Gasteiger partial charge in [-0.15, -0.1) is 5.10 Å². The summed E-state index contributed by atoms with van der Waals surface area (Å²) < 4.78 is 21.0. The normalized spacial score (nSPS) is 10.6. The fraction of sp³-hybridized carbons (Fsp3) is 0.167. The molecule has 0 radical (unpaired) electrons. The molecule has 1 amide bonds. The molecule has 0 saturated carbocycles. The van der Waals surface area contributed by atoms with Crippen molar-refractivity contribution in [2.45, 2.75) is 6.92 Å². The summed E-state index contributed by atoms with van der Waals surface area (Å²) in [5.41, 5.74) is 1.42. The van der Waals surface area contributed by atoms with Crippen molar-refractivity contribution < 1.29 is 13.9 Å². The van der Waals surface area contributed by atoms with Crippen LogP contribution < -0.4 is 10.1 Å². The van der Waals surface area contributed by atoms with Crippen LogP contribution >= 0.6 is 15.9 Å². The third-order valence-corrected chi connectivity index (χ3v) is 4.13. The van der Waals surface area contributed by atoms with E-state index in [1.807, 2.05) is 24.3 Å². The summed E-state index contributed by atoms with van der Waals surface area (Å²) in [5, 5.41) is 10.6. The summed E-state index contributed by atoms with van der Waals surface area (Å²) >= 11 is 3.37. The Morgan fingerprint density at radius 3 is 2.77 bits per heavy atom. The Morgan fingerprint density at radius 2 is 2.04 bits per heavy atom. The van der Waals surface area contributed by atoms with Crippen LogP contribution in [0, 0.1) is 12.7 Å². The number of hydrogen-bond donors (Lipinski definition) is 1. The highest BCUT2D eigenvalue weighted by Gasteiger charge is 2.17. The maximum absolute atomic E-state index is 13.0. The molecule has 0 aliphatic heterocycles. The van der Waals surface area contributed by atoms with Gasteiger partial charge in [0.05, 0.1) is 17.9 Å². The van der Waals surface area contributed by atoms with E-state index >= 15 is 0 Å². The predicted octanol–water partition coefficient (Wildman–Crippen LogP) is 3.29. The van der Waals surface area contributed by atoms with Crippen LogP contribution in [0.5, 0.6) is 5.75 Å². The molecule has 0 spiro atoms. The van der Waals surface area contributed by atoms with E-state index in [9.17, 15) is 9.18 Å². The zero-order valence-corrected chi connectivity index (χ0v) is 15.5. The molecule has 1 aromatic heterocycles. The third-order valence-electron chi connectivity index (χ3n) is 3.63. The number of carbonyl (C=O) groups is 1. The molecule has 0 unspecified atom stereocenters. The van der Waals surface area contributed by atoms with Gasteiger partial charge < -0.3 is 10.1 Å². The molecule has 0 bridgehead atoms. The Bertz CT molecular complexity index is 912. The maximum Gasteiger partial charge on any atom is 0.273 e. The molecule has 2 aromatic carbocycles. The van der Waals surface area contributed by atoms with E-state index in [0.717, 1.165) is 4.47 Å². The molecule has 0 saturated heterocycles. The smallest absolute Gasteiger partial charge is 0.273 e. The zero-order valence-electron chi connectivity index (χ0n) is 13.9. The van der Waals surface area contributed by atoms with E-state index in [1.165, 1.54) is 16.8 Å². The van der Waals surface area contributed by atoms with Crippen molar-refractivity contribution in [2.24, 2.45) is 0 Å². The van der Waals surface area contributed by atoms with Crippen LogP contribution in [0.15, 0.2) is 53.0 Å². The summed E-state index contributed by atoms with van der Waals surface area (Å²) in [6, 6.07) is 13.3. The number of nitrogens with zero attached hydrogens (tertiary/aromatic N) is 3. The fourth-order valence-corrected chi connectivity index (χ4v) is 2.72. The number of ether oxygens (including phenoxy) is 1. The molecule has 0 aliphatic rings. The van der Waals surface area contributed by atoms with E-state index in [2.05, 4.69) is 31.6 Å². The molecule has 0 aliphatic carbocycles. The monoisotopic (exact) mass is 418 g/mol. The lowest BCUT2D eigenvalue weighted by Crippen LogP contribution is -2.29. The predicted molar refractivity (Wildman–Crippen MR) is 98.0 cm³/mol. The number of carbonyl (C=O) groups excluding carboxylic acids is 1. The van der Waals surface area contributed by atoms with Gasteiger partial charge in [-0.25, -0.2) is 9.07 Å². The number of benzene rings is 2. The molecule has 134 valence electrons. The highest BCUT2D eigenvalue weighted by atomic mass is 79.9. The first-order chi connectivity index (χ1) is 12.5. The van der Waals surface area contributed by atoms with Crippen molar-refractivity contribution in [1.82, 2.24) is 20.3 Å². The molecule has 8 heteroatoms. The van der Waals surface area contributed by atoms with Crippen molar-refractivity contribution in [2.75, 3.05) is 13.2 Å². The first-order valence-electron chi connectivity index (χ1n) is 7.89. The van der Waals surface area contributed by atoms with Crippen LogP contribution in [0.1, 0.15) is 16.2 Å². The third kappa shape index (κ3) is 4.26. The summed E-state index contributed by atoms with van der Waals surface area (Å²) in [4.78, 5) is 12.3. The van der Waals surface area contributed by atoms with E-state index in [4.69, 9.17) is 4.74 Å². The molecule has 3 rings (SSSR count). The van der Waals surface area contributed by atoms with Gasteiger partial charge in [0.2, 0.25) is 0 Å². The second kappa shape index (κ2) is 8.09. The van der Waals surface area contributed by atoms with Crippen molar-refractivity contribution in [3.8, 4) is 11.4 Å². The van der Waals surface area contributed by atoms with Gasteiger partial charge in [0.15, 0.2) is 5.69 Å². The second-order valence-electron chi connectivity index (χ2n) is 5.47. The van der Waals surface area contributed by atoms with E-state index < -0.39 is 0 Å². The van der Waals surface area contributed by atoms with Crippen LogP contribution in [0.25, 0.3) is 5.69 Å². The van der Waals surface area contributed by atoms with Crippen molar-refractivity contribution in [1.29, 1.82) is 0 Å². The Labute approximate surface area is 158 Å². The highest BCUT2D eigenvalue weighted by molar-refractivity contribution is 9.10. The molecule has 6 nitrogen and oxygen atoms in total. The van der Waals surface area contributed by atoms with E-state index in [1.54, 1.807) is 19.1 Å². The Balaban J connectivity index is 1.57. The summed E-state index contributed by atoms with van der Waals surface area (Å²) in [7, 11) is 0. The number of amides is 1. The lowest BCUT2D eigenvalue weighted by Gasteiger charge is -2.07. The summed E-state index contributed by atoms with van der Waals surface area (Å²) in [6.07, 6.45) is 0. The molecular formula is C18H16BrFN4O2. The van der Waals surface area contributed by atoms with Crippen molar-refractivity contribution in [3.63, 3.8) is 0 Å². The highest BCUT2D eigenvalue weighted by Crippen LogP contribution is 2.17. The maximum atomic E-state index is 13.0. The van der Waals surface area contributed by atoms with Gasteiger partial charge >= 0.3 is 0 Å². The minimum absolute atomic E-state index is 0.219. The van der Waals surface area contributed by atoms with Crippen molar-refractivity contribution >= 4 is 21.8 Å². The number of hydrogen-bond acceptors (Lipinski definition) is 4. The van der Waals surface area contributed by atoms with E-state index in [0.29, 0.717) is 30.3 Å². The standard InChI is InChI=1S/C18H16BrFN4O2/c1-12-17(22-23-24(12)15-7-5-14(20)6-8-15)18(25)21-9-10-26-16-4-2-3-13(19)11-16/h2-8,11H,9-10H2,1H3,(H,21,25). The molecule has 3 aromatic rings. The second-order valence-corrected chi connectivity index (χ2v) is 6.39. The van der Waals surface area contributed by atoms with Gasteiger partial charge in [-0.2, -0.15) is 0 Å². The minimum atomic E-state index is -0.339. The molecule has 26 heavy (non-hydrogen) atoms. The van der Waals surface area contributed by atoms with E-state index in [-0.39, 0.29) is 17.4 Å². The zero-order chi connectivity index (χ0) is 18.5. The molecule has 1 N–H and O–H groups in total. The van der Waals surface area contributed by atoms with Crippen LogP contribution in [-0.4, -0.2) is 34.1 Å². The minimum Gasteiger partial charge on any atom is -0.492 e. The number of halogens is 2. The summed E-state index contributed by atoms with van der Waals surface area (Å²) in [6.45, 7) is 2.39. The van der Waals surface area contributed by atoms with Crippen LogP contribution in [0.2, 0.25) is 0 Å². The first kappa shape index (κ1) is 18.1. The Kier molecular flexibility index (Phi) is 5.62. The molecule has 0 fully saturated rings. The lowest BCUT2D eigenvalue weighted by atomic mass is 10.3. The van der Waals surface area contributed by atoms with Gasteiger partial charge in [0.25, 0.3) is 5.91 Å². The van der Waals surface area contributed by atoms with Crippen molar-refractivity contribution in [3.05, 3.63) is 70.2 Å². The van der Waals surface area contributed by atoms with Crippen LogP contribution in [0.3, 0.4) is 0 Å². The topological polar surface area (TPSA) is 69.0 Å². The quantitative estimate of drug-likeness (QED) is 0.623. The average molecular weight is 419 g/mol. The number of rotatable bonds is 6. The average Bonchev–Trinajstić information content (AvgIpc) is 3.01. The SMILES string of the molecule is Cc1c(C(=O)NCCOc2cccc(Br)c2)nnn1-c1ccc(F)cc1. The van der Waals surface area contributed by atoms with Gasteiger partial charge in [-0.05, 0) is 49.4 Å². The molecule has 0 atom stereocenters. The Morgan fingerprint density at radius 1 is 1.27 bits per heavy atom. The Hall–Kier alpha value is -2.74. The lowest BCUT2D eigenvalue weighted by molar-refractivity contribution is 0.0941. The first-order valence-corrected chi connectivity index (χ1v) is 8.68. The van der Waals surface area contributed by atoms with Gasteiger partial charge in [0, 0.05) is 4.47 Å². The number of nitrogens with one attached hydrogen (secondary N) is 1. The van der Waals surface area contributed by atoms with Gasteiger partial charge in [-0.3, -0.25) is 4.79 Å². The van der Waals surface area contributed by atoms with Gasteiger partial charge in [-0.1, -0.05) is 27.2 Å². The molecular weight excluding hydrogens is 403 g/mol.